The number of imide groups is 1. The summed E-state index contributed by atoms with van der Waals surface area (Å²) in [6.07, 6.45) is 0.786. The number of amides is 4. The highest BCUT2D eigenvalue weighted by Crippen LogP contribution is 2.31. The molecule has 2 aromatic rings. The molecule has 8 heteroatoms. The van der Waals surface area contributed by atoms with Crippen molar-refractivity contribution in [2.75, 3.05) is 11.9 Å². The molecular weight excluding hydrogens is 368 g/mol. The minimum Gasteiger partial charge on any atom is -0.325 e. The van der Waals surface area contributed by atoms with Gasteiger partial charge < -0.3 is 10.6 Å². The van der Waals surface area contributed by atoms with Crippen molar-refractivity contribution in [3.05, 3.63) is 65.2 Å². The Labute approximate surface area is 160 Å². The van der Waals surface area contributed by atoms with Crippen LogP contribution in [0, 0.1) is 11.6 Å². The van der Waals surface area contributed by atoms with E-state index >= 15 is 0 Å². The van der Waals surface area contributed by atoms with Crippen molar-refractivity contribution < 1.29 is 23.2 Å². The summed E-state index contributed by atoms with van der Waals surface area (Å²) in [4.78, 5) is 38.0. The van der Waals surface area contributed by atoms with E-state index < -0.39 is 41.6 Å². The lowest BCUT2D eigenvalue weighted by molar-refractivity contribution is -0.133. The van der Waals surface area contributed by atoms with Crippen molar-refractivity contribution >= 4 is 23.5 Å². The Hall–Kier alpha value is -3.29. The van der Waals surface area contributed by atoms with Gasteiger partial charge in [0.05, 0.1) is 0 Å². The van der Waals surface area contributed by atoms with Gasteiger partial charge in [0.2, 0.25) is 5.91 Å². The molecule has 1 aliphatic heterocycles. The third-order valence-electron chi connectivity index (χ3n) is 4.66. The minimum absolute atomic E-state index is 0.301. The average Bonchev–Trinajstić information content (AvgIpc) is 2.87. The number of aryl methyl sites for hydroxylation is 1. The van der Waals surface area contributed by atoms with Crippen LogP contribution in [0.3, 0.4) is 0 Å². The predicted molar refractivity (Wildman–Crippen MR) is 98.4 cm³/mol. The molecular formula is C20H19F2N3O3. The van der Waals surface area contributed by atoms with Gasteiger partial charge in [-0.05, 0) is 49.2 Å². The molecule has 0 aromatic heterocycles. The molecule has 2 N–H and O–H groups in total. The second kappa shape index (κ2) is 7.38. The first-order chi connectivity index (χ1) is 13.2. The van der Waals surface area contributed by atoms with Gasteiger partial charge in [-0.25, -0.2) is 13.6 Å². The topological polar surface area (TPSA) is 78.5 Å². The Balaban J connectivity index is 1.78. The monoisotopic (exact) mass is 387 g/mol. The second-order valence-corrected chi connectivity index (χ2v) is 6.67. The van der Waals surface area contributed by atoms with Crippen molar-refractivity contribution in [2.24, 2.45) is 0 Å². The molecule has 1 heterocycles. The van der Waals surface area contributed by atoms with Crippen LogP contribution in [-0.4, -0.2) is 29.3 Å². The summed E-state index contributed by atoms with van der Waals surface area (Å²) in [6, 6.07) is 8.97. The van der Waals surface area contributed by atoms with Gasteiger partial charge >= 0.3 is 6.03 Å². The molecule has 28 heavy (non-hydrogen) atoms. The molecule has 1 atom stereocenters. The molecule has 0 unspecified atom stereocenters. The van der Waals surface area contributed by atoms with Crippen molar-refractivity contribution in [3.63, 3.8) is 0 Å². The summed E-state index contributed by atoms with van der Waals surface area (Å²) in [5, 5.41) is 4.98. The lowest BCUT2D eigenvalue weighted by Gasteiger charge is -2.22. The fraction of sp³-hybridized carbons (Fsp3) is 0.250. The number of benzene rings is 2. The van der Waals surface area contributed by atoms with Crippen molar-refractivity contribution in [2.45, 2.75) is 25.8 Å². The Morgan fingerprint density at radius 3 is 2.64 bits per heavy atom. The Kier molecular flexibility index (Phi) is 5.13. The SMILES string of the molecule is CCc1cccc(NC(=O)CN2C(=O)N[C@@](C)(c3cc(F)ccc3F)C2=O)c1. The normalized spacial score (nSPS) is 18.9. The van der Waals surface area contributed by atoms with E-state index in [9.17, 15) is 23.2 Å². The zero-order valence-corrected chi connectivity index (χ0v) is 15.4. The fourth-order valence-electron chi connectivity index (χ4n) is 3.12. The van der Waals surface area contributed by atoms with Crippen molar-refractivity contribution in [1.29, 1.82) is 0 Å². The number of carbonyl (C=O) groups is 3. The predicted octanol–water partition coefficient (Wildman–Crippen LogP) is 2.93. The molecule has 0 spiro atoms. The van der Waals surface area contributed by atoms with Crippen LogP contribution < -0.4 is 10.6 Å². The molecule has 0 radical (unpaired) electrons. The van der Waals surface area contributed by atoms with Gasteiger partial charge in [0.15, 0.2) is 0 Å². The summed E-state index contributed by atoms with van der Waals surface area (Å²) >= 11 is 0. The van der Waals surface area contributed by atoms with Crippen LogP contribution >= 0.6 is 0 Å². The fourth-order valence-corrected chi connectivity index (χ4v) is 3.12. The van der Waals surface area contributed by atoms with Gasteiger partial charge in [0.25, 0.3) is 5.91 Å². The molecule has 1 aliphatic rings. The molecule has 2 aromatic carbocycles. The van der Waals surface area contributed by atoms with Crippen LogP contribution in [-0.2, 0) is 21.5 Å². The van der Waals surface area contributed by atoms with E-state index in [4.69, 9.17) is 0 Å². The van der Waals surface area contributed by atoms with Crippen LogP contribution in [0.4, 0.5) is 19.3 Å². The average molecular weight is 387 g/mol. The quantitative estimate of drug-likeness (QED) is 0.775. The van der Waals surface area contributed by atoms with Crippen LogP contribution in [0.2, 0.25) is 0 Å². The van der Waals surface area contributed by atoms with Crippen LogP contribution in [0.25, 0.3) is 0 Å². The second-order valence-electron chi connectivity index (χ2n) is 6.67. The smallest absolute Gasteiger partial charge is 0.325 e. The maximum atomic E-state index is 14.1. The zero-order valence-electron chi connectivity index (χ0n) is 15.4. The van der Waals surface area contributed by atoms with E-state index in [0.717, 1.165) is 30.2 Å². The third kappa shape index (κ3) is 3.58. The van der Waals surface area contributed by atoms with E-state index in [1.54, 1.807) is 18.2 Å². The molecule has 0 bridgehead atoms. The number of hydrogen-bond donors (Lipinski definition) is 2. The van der Waals surface area contributed by atoms with Gasteiger partial charge in [-0.2, -0.15) is 0 Å². The van der Waals surface area contributed by atoms with E-state index in [1.807, 2.05) is 13.0 Å². The highest BCUT2D eigenvalue weighted by Gasteiger charge is 2.50. The molecule has 1 fully saturated rings. The third-order valence-corrected chi connectivity index (χ3v) is 4.66. The Bertz CT molecular complexity index is 963. The van der Waals surface area contributed by atoms with Crippen LogP contribution in [0.5, 0.6) is 0 Å². The van der Waals surface area contributed by atoms with Gasteiger partial charge in [0, 0.05) is 11.3 Å². The van der Waals surface area contributed by atoms with Gasteiger partial charge in [-0.15, -0.1) is 0 Å². The van der Waals surface area contributed by atoms with Crippen molar-refractivity contribution in [1.82, 2.24) is 10.2 Å². The van der Waals surface area contributed by atoms with E-state index in [1.165, 1.54) is 6.92 Å². The van der Waals surface area contributed by atoms with Crippen LogP contribution in [0.1, 0.15) is 25.0 Å². The lowest BCUT2D eigenvalue weighted by atomic mass is 9.91. The first kappa shape index (κ1) is 19.5. The van der Waals surface area contributed by atoms with Gasteiger partial charge in [0.1, 0.15) is 23.7 Å². The summed E-state index contributed by atoms with van der Waals surface area (Å²) in [7, 11) is 0. The van der Waals surface area contributed by atoms with E-state index in [0.29, 0.717) is 10.6 Å². The Morgan fingerprint density at radius 1 is 1.18 bits per heavy atom. The maximum absolute atomic E-state index is 14.1. The van der Waals surface area contributed by atoms with E-state index in [-0.39, 0.29) is 5.56 Å². The molecule has 0 aliphatic carbocycles. The summed E-state index contributed by atoms with van der Waals surface area (Å²) in [5.74, 6) is -2.99. The molecule has 4 amide bonds. The molecule has 3 rings (SSSR count). The molecule has 6 nitrogen and oxygen atoms in total. The Morgan fingerprint density at radius 2 is 1.93 bits per heavy atom. The minimum atomic E-state index is -1.80. The summed E-state index contributed by atoms with van der Waals surface area (Å²) in [6.45, 7) is 2.70. The number of carbonyl (C=O) groups excluding carboxylic acids is 3. The van der Waals surface area contributed by atoms with Crippen molar-refractivity contribution in [3.8, 4) is 0 Å². The number of urea groups is 1. The zero-order chi connectivity index (χ0) is 20.5. The number of nitrogens with zero attached hydrogens (tertiary/aromatic N) is 1. The standard InChI is InChI=1S/C20H19F2N3O3/c1-3-12-5-4-6-14(9-12)23-17(26)11-25-18(27)20(2,24-19(25)28)15-10-13(21)7-8-16(15)22/h4-10H,3,11H2,1-2H3,(H,23,26)(H,24,28)/t20-/m0/s1. The molecule has 0 saturated carbocycles. The maximum Gasteiger partial charge on any atom is 0.325 e. The number of hydrogen-bond acceptors (Lipinski definition) is 3. The lowest BCUT2D eigenvalue weighted by Crippen LogP contribution is -2.42. The van der Waals surface area contributed by atoms with E-state index in [2.05, 4.69) is 10.6 Å². The molecule has 146 valence electrons. The highest BCUT2D eigenvalue weighted by molar-refractivity contribution is 6.10. The number of anilines is 1. The van der Waals surface area contributed by atoms with Gasteiger partial charge in [-0.3, -0.25) is 14.5 Å². The summed E-state index contributed by atoms with van der Waals surface area (Å²) in [5.41, 5.74) is -0.548. The first-order valence-corrected chi connectivity index (χ1v) is 8.73. The van der Waals surface area contributed by atoms with Gasteiger partial charge in [-0.1, -0.05) is 19.1 Å². The summed E-state index contributed by atoms with van der Waals surface area (Å²) < 4.78 is 27.7. The van der Waals surface area contributed by atoms with Crippen LogP contribution in [0.15, 0.2) is 42.5 Å². The molecule has 1 saturated heterocycles. The number of halogens is 2. The largest absolute Gasteiger partial charge is 0.325 e. The highest BCUT2D eigenvalue weighted by atomic mass is 19.1. The number of nitrogens with one attached hydrogen (secondary N) is 2. The number of rotatable bonds is 5. The first-order valence-electron chi connectivity index (χ1n) is 8.73.